The quantitative estimate of drug-likeness (QED) is 0.599. The average molecular weight is 396 g/mol. The topological polar surface area (TPSA) is 92.3 Å². The van der Waals surface area contributed by atoms with E-state index in [1.165, 1.54) is 12.1 Å². The Hall–Kier alpha value is -3.19. The zero-order valence-corrected chi connectivity index (χ0v) is 16.1. The van der Waals surface area contributed by atoms with Crippen LogP contribution in [0.4, 0.5) is 5.69 Å². The van der Waals surface area contributed by atoms with Crippen LogP contribution < -0.4 is 10.0 Å². The van der Waals surface area contributed by atoms with E-state index in [2.05, 4.69) is 10.0 Å². The number of nitrogens with one attached hydrogen (secondary N) is 2. The highest BCUT2D eigenvalue weighted by molar-refractivity contribution is 7.92. The standard InChI is InChI=1S/C21H20N2O4S/c1-2-18(14-24)22-21(25)17-8-5-9-19(12-17)23-28(26,27)20-11-10-15-6-3-4-7-16(15)13-20/h3-14,18,23H,2H2,1H3,(H,22,25)/t18-/m0/s1. The summed E-state index contributed by atoms with van der Waals surface area (Å²) in [4.78, 5) is 23.3. The molecule has 0 spiro atoms. The number of sulfonamides is 1. The normalized spacial score (nSPS) is 12.3. The molecule has 0 aliphatic heterocycles. The summed E-state index contributed by atoms with van der Waals surface area (Å²) < 4.78 is 28.0. The zero-order valence-electron chi connectivity index (χ0n) is 15.3. The van der Waals surface area contributed by atoms with E-state index in [0.717, 1.165) is 10.8 Å². The average Bonchev–Trinajstić information content (AvgIpc) is 2.71. The molecule has 0 unspecified atom stereocenters. The lowest BCUT2D eigenvalue weighted by atomic mass is 10.1. The molecule has 0 heterocycles. The van der Waals surface area contributed by atoms with Crippen molar-refractivity contribution in [3.8, 4) is 0 Å². The Bertz CT molecular complexity index is 1130. The van der Waals surface area contributed by atoms with Crippen molar-refractivity contribution in [3.05, 3.63) is 72.3 Å². The molecule has 28 heavy (non-hydrogen) atoms. The Morgan fingerprint density at radius 3 is 2.46 bits per heavy atom. The van der Waals surface area contributed by atoms with E-state index in [1.54, 1.807) is 37.3 Å². The number of rotatable bonds is 7. The Morgan fingerprint density at radius 1 is 1.00 bits per heavy atom. The summed E-state index contributed by atoms with van der Waals surface area (Å²) in [5, 5.41) is 4.35. The van der Waals surface area contributed by atoms with Gasteiger partial charge in [-0.1, -0.05) is 43.3 Å². The largest absolute Gasteiger partial charge is 0.343 e. The van der Waals surface area contributed by atoms with E-state index in [4.69, 9.17) is 0 Å². The van der Waals surface area contributed by atoms with Gasteiger partial charge >= 0.3 is 0 Å². The molecule has 0 bridgehead atoms. The molecule has 0 radical (unpaired) electrons. The molecular weight excluding hydrogens is 376 g/mol. The highest BCUT2D eigenvalue weighted by atomic mass is 32.2. The van der Waals surface area contributed by atoms with Crippen molar-refractivity contribution in [2.24, 2.45) is 0 Å². The molecule has 0 fully saturated rings. The molecule has 0 saturated heterocycles. The Morgan fingerprint density at radius 2 is 1.75 bits per heavy atom. The van der Waals surface area contributed by atoms with Crippen molar-refractivity contribution >= 4 is 38.7 Å². The first kappa shape index (κ1) is 19.6. The summed E-state index contributed by atoms with van der Waals surface area (Å²) in [7, 11) is -3.82. The molecule has 2 N–H and O–H groups in total. The van der Waals surface area contributed by atoms with Gasteiger partial charge in [0.05, 0.1) is 10.9 Å². The number of aldehydes is 1. The third kappa shape index (κ3) is 4.37. The predicted molar refractivity (Wildman–Crippen MR) is 109 cm³/mol. The molecule has 144 valence electrons. The van der Waals surface area contributed by atoms with E-state index in [-0.39, 0.29) is 16.1 Å². The van der Waals surface area contributed by atoms with Crippen molar-refractivity contribution in [1.29, 1.82) is 0 Å². The van der Waals surface area contributed by atoms with Crippen molar-refractivity contribution in [3.63, 3.8) is 0 Å². The van der Waals surface area contributed by atoms with Crippen LogP contribution in [0.15, 0.2) is 71.6 Å². The van der Waals surface area contributed by atoms with Crippen LogP contribution in [0.5, 0.6) is 0 Å². The molecule has 3 aromatic rings. The van der Waals surface area contributed by atoms with Crippen LogP contribution in [0.25, 0.3) is 10.8 Å². The van der Waals surface area contributed by atoms with Gasteiger partial charge in [-0.25, -0.2) is 8.42 Å². The molecule has 0 aromatic heterocycles. The summed E-state index contributed by atoms with van der Waals surface area (Å²) in [5.74, 6) is -0.439. The lowest BCUT2D eigenvalue weighted by Gasteiger charge is -2.12. The van der Waals surface area contributed by atoms with E-state index >= 15 is 0 Å². The number of carbonyl (C=O) groups is 2. The van der Waals surface area contributed by atoms with E-state index in [1.807, 2.05) is 24.3 Å². The van der Waals surface area contributed by atoms with Gasteiger partial charge in [0.15, 0.2) is 0 Å². The second kappa shape index (κ2) is 8.22. The van der Waals surface area contributed by atoms with Gasteiger partial charge in [0, 0.05) is 11.3 Å². The molecule has 0 aliphatic carbocycles. The molecule has 7 heteroatoms. The lowest BCUT2D eigenvalue weighted by molar-refractivity contribution is -0.109. The Labute approximate surface area is 163 Å². The summed E-state index contributed by atoms with van der Waals surface area (Å²) in [6.07, 6.45) is 1.15. The summed E-state index contributed by atoms with van der Waals surface area (Å²) in [6.45, 7) is 1.79. The zero-order chi connectivity index (χ0) is 20.1. The van der Waals surface area contributed by atoms with Gasteiger partial charge in [-0.05, 0) is 47.5 Å². The number of benzene rings is 3. The number of hydrogen-bond donors (Lipinski definition) is 2. The van der Waals surface area contributed by atoms with Crippen LogP contribution in [0.2, 0.25) is 0 Å². The van der Waals surface area contributed by atoms with Crippen molar-refractivity contribution in [2.75, 3.05) is 4.72 Å². The van der Waals surface area contributed by atoms with Crippen LogP contribution in [0.1, 0.15) is 23.7 Å². The molecule has 3 aromatic carbocycles. The van der Waals surface area contributed by atoms with Gasteiger partial charge in [-0.2, -0.15) is 0 Å². The lowest BCUT2D eigenvalue weighted by Crippen LogP contribution is -2.35. The van der Waals surface area contributed by atoms with Crippen molar-refractivity contribution in [1.82, 2.24) is 5.32 Å². The van der Waals surface area contributed by atoms with Gasteiger partial charge in [-0.3, -0.25) is 9.52 Å². The smallest absolute Gasteiger partial charge is 0.261 e. The van der Waals surface area contributed by atoms with Crippen LogP contribution >= 0.6 is 0 Å². The fraction of sp³-hybridized carbons (Fsp3) is 0.143. The van der Waals surface area contributed by atoms with E-state index < -0.39 is 22.0 Å². The minimum Gasteiger partial charge on any atom is -0.343 e. The third-order valence-electron chi connectivity index (χ3n) is 4.33. The monoisotopic (exact) mass is 396 g/mol. The fourth-order valence-corrected chi connectivity index (χ4v) is 3.84. The number of hydrogen-bond acceptors (Lipinski definition) is 4. The molecule has 3 rings (SSSR count). The summed E-state index contributed by atoms with van der Waals surface area (Å²) in [5.41, 5.74) is 0.527. The molecule has 6 nitrogen and oxygen atoms in total. The van der Waals surface area contributed by atoms with Gasteiger partial charge in [-0.15, -0.1) is 0 Å². The molecule has 1 amide bonds. The Kier molecular flexibility index (Phi) is 5.75. The maximum absolute atomic E-state index is 12.7. The Balaban J connectivity index is 1.83. The molecular formula is C21H20N2O4S. The number of fused-ring (bicyclic) bond motifs is 1. The van der Waals surface area contributed by atoms with Crippen LogP contribution in [-0.4, -0.2) is 26.7 Å². The van der Waals surface area contributed by atoms with Gasteiger partial charge in [0.2, 0.25) is 0 Å². The maximum atomic E-state index is 12.7. The van der Waals surface area contributed by atoms with Gasteiger partial charge in [0.1, 0.15) is 6.29 Å². The second-order valence-corrected chi connectivity index (χ2v) is 8.00. The van der Waals surface area contributed by atoms with Gasteiger partial charge < -0.3 is 10.1 Å². The van der Waals surface area contributed by atoms with Crippen LogP contribution in [-0.2, 0) is 14.8 Å². The minimum atomic E-state index is -3.82. The summed E-state index contributed by atoms with van der Waals surface area (Å²) >= 11 is 0. The van der Waals surface area contributed by atoms with E-state index in [9.17, 15) is 18.0 Å². The summed E-state index contributed by atoms with van der Waals surface area (Å²) in [6, 6.07) is 17.9. The van der Waals surface area contributed by atoms with Crippen molar-refractivity contribution in [2.45, 2.75) is 24.3 Å². The predicted octanol–water partition coefficient (Wildman–Crippen LogP) is 3.35. The first-order chi connectivity index (χ1) is 13.4. The minimum absolute atomic E-state index is 0.132. The molecule has 0 saturated carbocycles. The highest BCUT2D eigenvalue weighted by Crippen LogP contribution is 2.22. The van der Waals surface area contributed by atoms with Gasteiger partial charge in [0.25, 0.3) is 15.9 Å². The van der Waals surface area contributed by atoms with Crippen LogP contribution in [0.3, 0.4) is 0 Å². The number of carbonyl (C=O) groups excluding carboxylic acids is 2. The number of anilines is 1. The first-order valence-electron chi connectivity index (χ1n) is 8.81. The molecule has 0 aliphatic rings. The molecule has 1 atom stereocenters. The number of amides is 1. The van der Waals surface area contributed by atoms with Crippen molar-refractivity contribution < 1.29 is 18.0 Å². The maximum Gasteiger partial charge on any atom is 0.261 e. The third-order valence-corrected chi connectivity index (χ3v) is 5.71. The SMILES string of the molecule is CC[C@@H](C=O)NC(=O)c1cccc(NS(=O)(=O)c2ccc3ccccc3c2)c1. The second-order valence-electron chi connectivity index (χ2n) is 6.32. The fourth-order valence-electron chi connectivity index (χ4n) is 2.76. The van der Waals surface area contributed by atoms with E-state index in [0.29, 0.717) is 12.7 Å². The highest BCUT2D eigenvalue weighted by Gasteiger charge is 2.16. The van der Waals surface area contributed by atoms with Crippen LogP contribution in [0, 0.1) is 0 Å². The first-order valence-corrected chi connectivity index (χ1v) is 10.3.